The number of fused-ring (bicyclic) bond motifs is 1. The van der Waals surface area contributed by atoms with Gasteiger partial charge in [0.25, 0.3) is 11.8 Å². The van der Waals surface area contributed by atoms with Crippen molar-refractivity contribution in [2.75, 3.05) is 39.4 Å². The molecule has 3 atom stereocenters. The standard InChI is InChI=1S/C22H29N5O9S2/c1-10(2)34-22(31)36-11(3)35-20(30)15-12(7-32-5)8-37-19-16(18(29)27(15)19)26(4)17(28)14(25-33-6)13-9-38-21(23)24-13/h9-11,16,19H,7-8H2,1-6H3,(H2,23,24)/b25-14-. The van der Waals surface area contributed by atoms with Crippen molar-refractivity contribution < 1.29 is 43.0 Å². The highest BCUT2D eigenvalue weighted by Gasteiger charge is 2.57. The van der Waals surface area contributed by atoms with Crippen molar-refractivity contribution in [3.8, 4) is 0 Å². The number of aromatic nitrogens is 1. The molecule has 1 aromatic rings. The molecule has 208 valence electrons. The molecular formula is C22H29N5O9S2. The lowest BCUT2D eigenvalue weighted by Crippen LogP contribution is -2.71. The van der Waals surface area contributed by atoms with Crippen molar-refractivity contribution in [1.82, 2.24) is 14.8 Å². The van der Waals surface area contributed by atoms with Crippen molar-refractivity contribution in [3.05, 3.63) is 22.3 Å². The number of hydrogen-bond acceptors (Lipinski definition) is 14. The molecule has 38 heavy (non-hydrogen) atoms. The molecule has 2 N–H and O–H groups in total. The number of hydrogen-bond donors (Lipinski definition) is 1. The molecule has 0 saturated carbocycles. The first-order valence-electron chi connectivity index (χ1n) is 11.3. The van der Waals surface area contributed by atoms with Gasteiger partial charge in [0.15, 0.2) is 10.8 Å². The molecule has 0 bridgehead atoms. The fourth-order valence-corrected chi connectivity index (χ4v) is 5.70. The van der Waals surface area contributed by atoms with E-state index in [4.69, 9.17) is 29.5 Å². The molecule has 16 heteroatoms. The lowest BCUT2D eigenvalue weighted by atomic mass is 10.0. The summed E-state index contributed by atoms with van der Waals surface area (Å²) in [5.74, 6) is -1.68. The Bertz CT molecular complexity index is 1150. The molecular weight excluding hydrogens is 542 g/mol. The Balaban J connectivity index is 1.79. The number of nitrogen functional groups attached to an aromatic ring is 1. The van der Waals surface area contributed by atoms with Crippen LogP contribution in [0.4, 0.5) is 9.93 Å². The Labute approximate surface area is 227 Å². The van der Waals surface area contributed by atoms with E-state index in [-0.39, 0.29) is 28.8 Å². The number of oxime groups is 1. The highest BCUT2D eigenvalue weighted by molar-refractivity contribution is 8.00. The Kier molecular flexibility index (Phi) is 9.56. The van der Waals surface area contributed by atoms with E-state index < -0.39 is 47.7 Å². The van der Waals surface area contributed by atoms with Crippen LogP contribution >= 0.6 is 23.1 Å². The van der Waals surface area contributed by atoms with Gasteiger partial charge in [0.1, 0.15) is 29.9 Å². The molecule has 1 fully saturated rings. The van der Waals surface area contributed by atoms with E-state index >= 15 is 0 Å². The number of thioether (sulfide) groups is 1. The lowest BCUT2D eigenvalue weighted by molar-refractivity contribution is -0.171. The Hall–Kier alpha value is -3.37. The number of esters is 1. The summed E-state index contributed by atoms with van der Waals surface area (Å²) in [5, 5.41) is 4.98. The van der Waals surface area contributed by atoms with Crippen LogP contribution in [0.5, 0.6) is 0 Å². The summed E-state index contributed by atoms with van der Waals surface area (Å²) in [4.78, 5) is 62.9. The van der Waals surface area contributed by atoms with Crippen LogP contribution in [0.3, 0.4) is 0 Å². The third-order valence-corrected chi connectivity index (χ3v) is 7.28. The van der Waals surface area contributed by atoms with E-state index in [0.717, 1.165) is 11.3 Å². The normalized spacial score (nSPS) is 19.9. The van der Waals surface area contributed by atoms with Crippen molar-refractivity contribution in [1.29, 1.82) is 0 Å². The van der Waals surface area contributed by atoms with Gasteiger partial charge in [0.2, 0.25) is 6.29 Å². The lowest BCUT2D eigenvalue weighted by Gasteiger charge is -2.52. The zero-order valence-electron chi connectivity index (χ0n) is 21.7. The maximum absolute atomic E-state index is 13.3. The van der Waals surface area contributed by atoms with Gasteiger partial charge >= 0.3 is 12.1 Å². The highest BCUT2D eigenvalue weighted by Crippen LogP contribution is 2.42. The summed E-state index contributed by atoms with van der Waals surface area (Å²) >= 11 is 2.48. The number of anilines is 1. The molecule has 2 aliphatic heterocycles. The molecule has 0 aromatic carbocycles. The molecule has 2 amide bonds. The molecule has 1 saturated heterocycles. The summed E-state index contributed by atoms with van der Waals surface area (Å²) in [6, 6.07) is -0.910. The predicted molar refractivity (Wildman–Crippen MR) is 137 cm³/mol. The topological polar surface area (TPSA) is 172 Å². The zero-order chi connectivity index (χ0) is 28.1. The smallest absolute Gasteiger partial charge is 0.431 e. The maximum atomic E-state index is 13.3. The van der Waals surface area contributed by atoms with Crippen molar-refractivity contribution in [2.45, 2.75) is 44.6 Å². The zero-order valence-corrected chi connectivity index (χ0v) is 23.3. The third-order valence-electron chi connectivity index (χ3n) is 5.29. The minimum absolute atomic E-state index is 0.0246. The van der Waals surface area contributed by atoms with Crippen LogP contribution in [0.15, 0.2) is 21.8 Å². The van der Waals surface area contributed by atoms with Crippen LogP contribution in [0.1, 0.15) is 26.5 Å². The molecule has 14 nitrogen and oxygen atoms in total. The average molecular weight is 572 g/mol. The van der Waals surface area contributed by atoms with Crippen LogP contribution in [-0.4, -0.2) is 102 Å². The van der Waals surface area contributed by atoms with Gasteiger partial charge in [-0.05, 0) is 19.4 Å². The van der Waals surface area contributed by atoms with Crippen molar-refractivity contribution >= 4 is 57.9 Å². The Morgan fingerprint density at radius 3 is 2.53 bits per heavy atom. The number of nitrogens with zero attached hydrogens (tertiary/aromatic N) is 4. The Morgan fingerprint density at radius 2 is 1.95 bits per heavy atom. The third kappa shape index (κ3) is 6.19. The van der Waals surface area contributed by atoms with E-state index in [1.165, 1.54) is 49.8 Å². The van der Waals surface area contributed by atoms with Gasteiger partial charge in [-0.1, -0.05) is 5.16 Å². The van der Waals surface area contributed by atoms with Gasteiger partial charge in [-0.15, -0.1) is 23.1 Å². The van der Waals surface area contributed by atoms with Crippen LogP contribution < -0.4 is 5.73 Å². The molecule has 3 rings (SSSR count). The number of amides is 2. The number of carbonyl (C=O) groups excluding carboxylic acids is 4. The SMILES string of the molecule is COCC1=C(C(=O)OC(C)OC(=O)OC(C)C)N2C(=O)C(N(C)C(=O)/C(=N\OC)c3csc(N)n3)C2SC1. The number of β-lactam (4-membered cyclic amide) rings is 1. The molecule has 3 heterocycles. The monoisotopic (exact) mass is 571 g/mol. The quantitative estimate of drug-likeness (QED) is 0.140. The van der Waals surface area contributed by atoms with E-state index in [1.807, 2.05) is 0 Å². The summed E-state index contributed by atoms with van der Waals surface area (Å²) < 4.78 is 20.3. The van der Waals surface area contributed by atoms with E-state index in [2.05, 4.69) is 10.1 Å². The number of ether oxygens (including phenoxy) is 4. The molecule has 2 aliphatic rings. The van der Waals surface area contributed by atoms with Gasteiger partial charge in [-0.3, -0.25) is 14.5 Å². The molecule has 3 unspecified atom stereocenters. The van der Waals surface area contributed by atoms with Gasteiger partial charge in [0.05, 0.1) is 12.7 Å². The summed E-state index contributed by atoms with van der Waals surface area (Å²) in [5.41, 5.74) is 6.26. The first-order chi connectivity index (χ1) is 18.0. The van der Waals surface area contributed by atoms with E-state index in [0.29, 0.717) is 11.3 Å². The molecule has 0 radical (unpaired) electrons. The van der Waals surface area contributed by atoms with Crippen LogP contribution in [0, 0.1) is 0 Å². The molecule has 1 aromatic heterocycles. The first kappa shape index (κ1) is 29.2. The van der Waals surface area contributed by atoms with Gasteiger partial charge < -0.3 is 34.4 Å². The maximum Gasteiger partial charge on any atom is 0.511 e. The number of methoxy groups -OCH3 is 1. The second-order valence-electron chi connectivity index (χ2n) is 8.36. The number of rotatable bonds is 10. The summed E-state index contributed by atoms with van der Waals surface area (Å²) in [6.07, 6.45) is -2.71. The van der Waals surface area contributed by atoms with Crippen LogP contribution in [0.2, 0.25) is 0 Å². The number of thiazole rings is 1. The molecule has 0 spiro atoms. The fraction of sp³-hybridized carbons (Fsp3) is 0.545. The largest absolute Gasteiger partial charge is 0.511 e. The van der Waals surface area contributed by atoms with Gasteiger partial charge in [-0.2, -0.15) is 0 Å². The molecule has 0 aliphatic carbocycles. The fourth-order valence-electron chi connectivity index (χ4n) is 3.72. The number of carbonyl (C=O) groups is 4. The minimum Gasteiger partial charge on any atom is -0.431 e. The van der Waals surface area contributed by atoms with Crippen molar-refractivity contribution in [2.24, 2.45) is 5.16 Å². The van der Waals surface area contributed by atoms with E-state index in [1.54, 1.807) is 19.2 Å². The first-order valence-corrected chi connectivity index (χ1v) is 13.3. The highest BCUT2D eigenvalue weighted by atomic mass is 32.2. The number of likely N-dealkylation sites (N-methyl/N-ethyl adjacent to an activating group) is 1. The average Bonchev–Trinajstić information content (AvgIpc) is 3.27. The van der Waals surface area contributed by atoms with Crippen LogP contribution in [0.25, 0.3) is 0 Å². The second kappa shape index (κ2) is 12.4. The van der Waals surface area contributed by atoms with Crippen molar-refractivity contribution in [3.63, 3.8) is 0 Å². The Morgan fingerprint density at radius 1 is 1.24 bits per heavy atom. The van der Waals surface area contributed by atoms with Crippen LogP contribution in [-0.2, 0) is 38.2 Å². The minimum atomic E-state index is -1.28. The van der Waals surface area contributed by atoms with E-state index in [9.17, 15) is 19.2 Å². The number of nitrogens with two attached hydrogens (primary N) is 1. The summed E-state index contributed by atoms with van der Waals surface area (Å²) in [6.45, 7) is 4.70. The van der Waals surface area contributed by atoms with Gasteiger partial charge in [0, 0.05) is 32.2 Å². The second-order valence-corrected chi connectivity index (χ2v) is 10.4. The predicted octanol–water partition coefficient (Wildman–Crippen LogP) is 1.17. The summed E-state index contributed by atoms with van der Waals surface area (Å²) in [7, 11) is 4.19. The van der Waals surface area contributed by atoms with Gasteiger partial charge in [-0.25, -0.2) is 14.6 Å².